The molecule has 2 heterocycles. The molecule has 1 aliphatic rings. The van der Waals surface area contributed by atoms with E-state index >= 15 is 0 Å². The third kappa shape index (κ3) is 3.54. The first-order chi connectivity index (χ1) is 8.40. The second-order valence-corrected chi connectivity index (χ2v) is 4.28. The van der Waals surface area contributed by atoms with Crippen LogP contribution in [0.25, 0.3) is 0 Å². The van der Waals surface area contributed by atoms with Gasteiger partial charge in [0.15, 0.2) is 0 Å². The van der Waals surface area contributed by atoms with Gasteiger partial charge in [-0.15, -0.1) is 0 Å². The molecule has 0 saturated heterocycles. The summed E-state index contributed by atoms with van der Waals surface area (Å²) in [4.78, 5) is 4.01. The molecule has 0 saturated carbocycles. The van der Waals surface area contributed by atoms with Crippen molar-refractivity contribution in [3.8, 4) is 0 Å². The number of nitrogens with zero attached hydrogens (tertiary/aromatic N) is 1. The minimum Gasteiger partial charge on any atom is -0.501 e. The monoisotopic (exact) mass is 233 g/mol. The molecule has 0 aromatic carbocycles. The van der Waals surface area contributed by atoms with Crippen LogP contribution in [0.3, 0.4) is 0 Å². The van der Waals surface area contributed by atoms with E-state index in [4.69, 9.17) is 10.6 Å². The van der Waals surface area contributed by atoms with Gasteiger partial charge in [0.1, 0.15) is 0 Å². The van der Waals surface area contributed by atoms with Gasteiger partial charge < -0.3 is 4.74 Å². The standard InChI is InChI=1S/C13H19N3O/c14-16-13(12-2-1-9-17-10-12)4-3-11-5-7-15-8-6-11/h5-8,10,13,16H,1-4,9,14H2. The fraction of sp³-hybridized carbons (Fsp3) is 0.462. The van der Waals surface area contributed by atoms with E-state index in [-0.39, 0.29) is 6.04 Å². The predicted octanol–water partition coefficient (Wildman–Crippen LogP) is 1.54. The molecule has 1 atom stereocenters. The lowest BCUT2D eigenvalue weighted by Crippen LogP contribution is -2.37. The number of ether oxygens (including phenoxy) is 1. The Bertz CT molecular complexity index is 364. The summed E-state index contributed by atoms with van der Waals surface area (Å²) < 4.78 is 5.35. The zero-order chi connectivity index (χ0) is 11.9. The number of hydrogen-bond donors (Lipinski definition) is 2. The van der Waals surface area contributed by atoms with Crippen LogP contribution in [0.1, 0.15) is 24.8 Å². The van der Waals surface area contributed by atoms with Gasteiger partial charge in [0.25, 0.3) is 0 Å². The molecule has 92 valence electrons. The van der Waals surface area contributed by atoms with E-state index in [1.807, 2.05) is 30.8 Å². The summed E-state index contributed by atoms with van der Waals surface area (Å²) in [5.41, 5.74) is 5.44. The summed E-state index contributed by atoms with van der Waals surface area (Å²) in [7, 11) is 0. The lowest BCUT2D eigenvalue weighted by atomic mass is 9.97. The fourth-order valence-corrected chi connectivity index (χ4v) is 2.08. The summed E-state index contributed by atoms with van der Waals surface area (Å²) in [5.74, 6) is 5.61. The van der Waals surface area contributed by atoms with Crippen LogP contribution in [0.4, 0.5) is 0 Å². The van der Waals surface area contributed by atoms with E-state index in [1.165, 1.54) is 11.1 Å². The largest absolute Gasteiger partial charge is 0.501 e. The maximum Gasteiger partial charge on any atom is 0.0876 e. The summed E-state index contributed by atoms with van der Waals surface area (Å²) >= 11 is 0. The van der Waals surface area contributed by atoms with Crippen molar-refractivity contribution in [1.29, 1.82) is 0 Å². The number of rotatable bonds is 5. The van der Waals surface area contributed by atoms with Crippen LogP contribution in [0.5, 0.6) is 0 Å². The maximum absolute atomic E-state index is 5.61. The molecular formula is C13H19N3O. The predicted molar refractivity (Wildman–Crippen MR) is 66.9 cm³/mol. The summed E-state index contributed by atoms with van der Waals surface area (Å²) in [6.45, 7) is 0.825. The number of nitrogens with two attached hydrogens (primary N) is 1. The minimum absolute atomic E-state index is 0.212. The van der Waals surface area contributed by atoms with Gasteiger partial charge in [-0.1, -0.05) is 0 Å². The Labute approximate surface area is 102 Å². The van der Waals surface area contributed by atoms with Gasteiger partial charge in [0.2, 0.25) is 0 Å². The van der Waals surface area contributed by atoms with Gasteiger partial charge >= 0.3 is 0 Å². The third-order valence-electron chi connectivity index (χ3n) is 3.08. The molecule has 0 aliphatic carbocycles. The van der Waals surface area contributed by atoms with Gasteiger partial charge in [-0.25, -0.2) is 0 Å². The Morgan fingerprint density at radius 2 is 2.24 bits per heavy atom. The van der Waals surface area contributed by atoms with Gasteiger partial charge in [-0.3, -0.25) is 16.3 Å². The van der Waals surface area contributed by atoms with E-state index in [2.05, 4.69) is 10.4 Å². The van der Waals surface area contributed by atoms with Crippen LogP contribution >= 0.6 is 0 Å². The smallest absolute Gasteiger partial charge is 0.0876 e. The highest BCUT2D eigenvalue weighted by molar-refractivity contribution is 5.14. The number of hydrogen-bond acceptors (Lipinski definition) is 4. The van der Waals surface area contributed by atoms with Gasteiger partial charge in [-0.2, -0.15) is 0 Å². The molecule has 0 amide bonds. The van der Waals surface area contributed by atoms with E-state index < -0.39 is 0 Å². The molecule has 1 aliphatic heterocycles. The van der Waals surface area contributed by atoms with Crippen LogP contribution in [0, 0.1) is 0 Å². The number of nitrogens with one attached hydrogen (secondary N) is 1. The highest BCUT2D eigenvalue weighted by Gasteiger charge is 2.15. The van der Waals surface area contributed by atoms with Crippen molar-refractivity contribution in [2.75, 3.05) is 6.61 Å². The third-order valence-corrected chi connectivity index (χ3v) is 3.08. The molecule has 0 fully saturated rings. The Kier molecular flexibility index (Phi) is 4.53. The first kappa shape index (κ1) is 12.1. The number of hydrazine groups is 1. The average Bonchev–Trinajstić information content (AvgIpc) is 2.42. The maximum atomic E-state index is 5.61. The van der Waals surface area contributed by atoms with E-state index in [0.717, 1.165) is 32.3 Å². The lowest BCUT2D eigenvalue weighted by molar-refractivity contribution is 0.218. The topological polar surface area (TPSA) is 60.2 Å². The first-order valence-corrected chi connectivity index (χ1v) is 6.05. The molecule has 1 aromatic heterocycles. The molecular weight excluding hydrogens is 214 g/mol. The number of pyridine rings is 1. The Morgan fingerprint density at radius 1 is 1.41 bits per heavy atom. The highest BCUT2D eigenvalue weighted by Crippen LogP contribution is 2.18. The van der Waals surface area contributed by atoms with Crippen molar-refractivity contribution in [2.45, 2.75) is 31.7 Å². The molecule has 0 radical (unpaired) electrons. The van der Waals surface area contributed by atoms with Gasteiger partial charge in [0.05, 0.1) is 12.9 Å². The quantitative estimate of drug-likeness (QED) is 0.598. The molecule has 1 unspecified atom stereocenters. The van der Waals surface area contributed by atoms with Crippen molar-refractivity contribution >= 4 is 0 Å². The first-order valence-electron chi connectivity index (χ1n) is 6.05. The SMILES string of the molecule is NNC(CCc1ccncc1)C1=COCCC1. The van der Waals surface area contributed by atoms with Crippen LogP contribution in [0.2, 0.25) is 0 Å². The van der Waals surface area contributed by atoms with Crippen molar-refractivity contribution in [3.63, 3.8) is 0 Å². The molecule has 2 rings (SSSR count). The van der Waals surface area contributed by atoms with Gasteiger partial charge in [-0.05, 0) is 49.0 Å². The van der Waals surface area contributed by atoms with E-state index in [0.29, 0.717) is 0 Å². The number of aryl methyl sites for hydroxylation is 1. The molecule has 0 spiro atoms. The fourth-order valence-electron chi connectivity index (χ4n) is 2.08. The minimum atomic E-state index is 0.212. The second-order valence-electron chi connectivity index (χ2n) is 4.28. The summed E-state index contributed by atoms with van der Waals surface area (Å²) in [6.07, 6.45) is 9.64. The normalized spacial score (nSPS) is 17.1. The molecule has 0 bridgehead atoms. The van der Waals surface area contributed by atoms with Crippen molar-refractivity contribution in [3.05, 3.63) is 41.9 Å². The van der Waals surface area contributed by atoms with Crippen LogP contribution in [-0.2, 0) is 11.2 Å². The average molecular weight is 233 g/mol. The van der Waals surface area contributed by atoms with Crippen LogP contribution in [-0.4, -0.2) is 17.6 Å². The molecule has 3 N–H and O–H groups in total. The zero-order valence-electron chi connectivity index (χ0n) is 9.93. The summed E-state index contributed by atoms with van der Waals surface area (Å²) in [5, 5.41) is 0. The van der Waals surface area contributed by atoms with E-state index in [9.17, 15) is 0 Å². The lowest BCUT2D eigenvalue weighted by Gasteiger charge is -2.22. The highest BCUT2D eigenvalue weighted by atomic mass is 16.5. The van der Waals surface area contributed by atoms with Crippen molar-refractivity contribution in [2.24, 2.45) is 5.84 Å². The molecule has 17 heavy (non-hydrogen) atoms. The molecule has 4 nitrogen and oxygen atoms in total. The Morgan fingerprint density at radius 3 is 2.88 bits per heavy atom. The van der Waals surface area contributed by atoms with Crippen molar-refractivity contribution < 1.29 is 4.74 Å². The molecule has 1 aromatic rings. The van der Waals surface area contributed by atoms with Crippen LogP contribution in [0.15, 0.2) is 36.4 Å². The summed E-state index contributed by atoms with van der Waals surface area (Å²) in [6, 6.07) is 4.29. The van der Waals surface area contributed by atoms with E-state index in [1.54, 1.807) is 0 Å². The zero-order valence-corrected chi connectivity index (χ0v) is 9.93. The Balaban J connectivity index is 1.89. The van der Waals surface area contributed by atoms with Crippen molar-refractivity contribution in [1.82, 2.24) is 10.4 Å². The van der Waals surface area contributed by atoms with Gasteiger partial charge in [0, 0.05) is 18.4 Å². The van der Waals surface area contributed by atoms with Crippen LogP contribution < -0.4 is 11.3 Å². The Hall–Kier alpha value is -1.39. The second kappa shape index (κ2) is 6.37. The molecule has 4 heteroatoms. The number of aromatic nitrogens is 1.